The van der Waals surface area contributed by atoms with Crippen molar-refractivity contribution in [2.24, 2.45) is 0 Å². The molecule has 0 spiro atoms. The van der Waals surface area contributed by atoms with Crippen molar-refractivity contribution >= 4 is 22.8 Å². The van der Waals surface area contributed by atoms with Crippen LogP contribution in [0.4, 0.5) is 5.82 Å². The van der Waals surface area contributed by atoms with Crippen molar-refractivity contribution in [3.8, 4) is 0 Å². The molecule has 0 unspecified atom stereocenters. The zero-order valence-electron chi connectivity index (χ0n) is 9.64. The molecular formula is C12H13N3O2. The van der Waals surface area contributed by atoms with E-state index in [1.807, 2.05) is 24.3 Å². The molecule has 1 aromatic heterocycles. The molecule has 5 nitrogen and oxygen atoms in total. The first-order valence-corrected chi connectivity index (χ1v) is 5.30. The monoisotopic (exact) mass is 231 g/mol. The Balaban J connectivity index is 2.40. The van der Waals surface area contributed by atoms with E-state index in [0.29, 0.717) is 11.5 Å². The molecule has 2 N–H and O–H groups in total. The summed E-state index contributed by atoms with van der Waals surface area (Å²) >= 11 is 0. The Bertz CT molecular complexity index is 569. The number of aromatic nitrogens is 2. The number of benzene rings is 1. The molecule has 0 fully saturated rings. The van der Waals surface area contributed by atoms with Gasteiger partial charge in [-0.3, -0.25) is 4.79 Å². The molecule has 0 radical (unpaired) electrons. The van der Waals surface area contributed by atoms with Gasteiger partial charge in [0.1, 0.15) is 11.9 Å². The highest BCUT2D eigenvalue weighted by molar-refractivity contribution is 5.79. The van der Waals surface area contributed by atoms with Gasteiger partial charge in [0.25, 0.3) is 0 Å². The summed E-state index contributed by atoms with van der Waals surface area (Å²) in [5.74, 6) is -0.405. The van der Waals surface area contributed by atoms with Crippen molar-refractivity contribution in [1.29, 1.82) is 0 Å². The van der Waals surface area contributed by atoms with Crippen LogP contribution >= 0.6 is 0 Å². The zero-order chi connectivity index (χ0) is 12.4. The van der Waals surface area contributed by atoms with Gasteiger partial charge in [0.15, 0.2) is 0 Å². The first-order valence-electron chi connectivity index (χ1n) is 5.30. The third-order valence-corrected chi connectivity index (χ3v) is 2.47. The van der Waals surface area contributed by atoms with E-state index in [1.165, 1.54) is 0 Å². The lowest BCUT2D eigenvalue weighted by Gasteiger charge is -2.12. The van der Waals surface area contributed by atoms with Crippen LogP contribution in [0.25, 0.3) is 11.0 Å². The van der Waals surface area contributed by atoms with Crippen LogP contribution in [0.2, 0.25) is 0 Å². The fourth-order valence-corrected chi connectivity index (χ4v) is 1.49. The highest BCUT2D eigenvalue weighted by Gasteiger charge is 2.13. The van der Waals surface area contributed by atoms with Gasteiger partial charge >= 0.3 is 5.97 Å². The fourth-order valence-electron chi connectivity index (χ4n) is 1.49. The number of nitrogens with zero attached hydrogens (tertiary/aromatic N) is 2. The van der Waals surface area contributed by atoms with Gasteiger partial charge < -0.3 is 10.4 Å². The highest BCUT2D eigenvalue weighted by atomic mass is 16.4. The molecule has 0 amide bonds. The van der Waals surface area contributed by atoms with E-state index < -0.39 is 12.0 Å². The van der Waals surface area contributed by atoms with Crippen molar-refractivity contribution in [3.05, 3.63) is 30.0 Å². The normalized spacial score (nSPS) is 12.4. The molecule has 1 aromatic carbocycles. The Labute approximate surface area is 98.5 Å². The molecular weight excluding hydrogens is 218 g/mol. The summed E-state index contributed by atoms with van der Waals surface area (Å²) in [4.78, 5) is 19.5. The summed E-state index contributed by atoms with van der Waals surface area (Å²) < 4.78 is 0. The van der Waals surface area contributed by atoms with Crippen LogP contribution in [0.3, 0.4) is 0 Å². The van der Waals surface area contributed by atoms with Crippen LogP contribution in [0.5, 0.6) is 0 Å². The first-order chi connectivity index (χ1) is 8.08. The first kappa shape index (κ1) is 11.3. The second kappa shape index (κ2) is 4.37. The maximum absolute atomic E-state index is 10.8. The molecule has 5 heteroatoms. The predicted octanol–water partition coefficient (Wildman–Crippen LogP) is 1.82. The highest BCUT2D eigenvalue weighted by Crippen LogP contribution is 2.16. The molecule has 0 bridgehead atoms. The Kier molecular flexibility index (Phi) is 2.91. The number of carboxylic acids is 1. The molecule has 1 atom stereocenters. The minimum absolute atomic E-state index is 0.513. The number of hydrogen-bond donors (Lipinski definition) is 2. The van der Waals surface area contributed by atoms with Gasteiger partial charge in [-0.25, -0.2) is 9.97 Å². The van der Waals surface area contributed by atoms with E-state index in [2.05, 4.69) is 15.3 Å². The molecule has 0 aliphatic rings. The third kappa shape index (κ3) is 2.33. The number of aliphatic carboxylic acids is 1. The smallest absolute Gasteiger partial charge is 0.325 e. The molecule has 0 saturated carbocycles. The number of rotatable bonds is 3. The maximum atomic E-state index is 10.8. The van der Waals surface area contributed by atoms with Gasteiger partial charge in [0.05, 0.1) is 16.7 Å². The minimum atomic E-state index is -0.917. The molecule has 88 valence electrons. The third-order valence-electron chi connectivity index (χ3n) is 2.47. The van der Waals surface area contributed by atoms with E-state index >= 15 is 0 Å². The van der Waals surface area contributed by atoms with E-state index in [1.54, 1.807) is 13.8 Å². The molecule has 17 heavy (non-hydrogen) atoms. The molecule has 2 rings (SSSR count). The van der Waals surface area contributed by atoms with Gasteiger partial charge in [-0.1, -0.05) is 12.1 Å². The molecule has 0 aliphatic heterocycles. The summed E-state index contributed by atoms with van der Waals surface area (Å²) in [6.07, 6.45) is 0. The molecule has 0 saturated heterocycles. The minimum Gasteiger partial charge on any atom is -0.480 e. The van der Waals surface area contributed by atoms with E-state index in [4.69, 9.17) is 5.11 Å². The average Bonchev–Trinajstić information content (AvgIpc) is 2.29. The van der Waals surface area contributed by atoms with Crippen molar-refractivity contribution in [1.82, 2.24) is 9.97 Å². The number of nitrogens with one attached hydrogen (secondary N) is 1. The lowest BCUT2D eigenvalue weighted by atomic mass is 10.2. The second-order valence-electron chi connectivity index (χ2n) is 3.85. The number of para-hydroxylation sites is 2. The summed E-state index contributed by atoms with van der Waals surface area (Å²) in [5.41, 5.74) is 2.24. The zero-order valence-corrected chi connectivity index (χ0v) is 9.64. The molecule has 1 heterocycles. The summed E-state index contributed by atoms with van der Waals surface area (Å²) in [5, 5.41) is 11.7. The lowest BCUT2D eigenvalue weighted by molar-refractivity contribution is -0.137. The lowest BCUT2D eigenvalue weighted by Crippen LogP contribution is -2.26. The molecule has 0 aliphatic carbocycles. The van der Waals surface area contributed by atoms with Crippen LogP contribution in [0, 0.1) is 6.92 Å². The van der Waals surface area contributed by atoms with Gasteiger partial charge in [0.2, 0.25) is 0 Å². The van der Waals surface area contributed by atoms with Crippen LogP contribution < -0.4 is 5.32 Å². The number of carbonyl (C=O) groups is 1. The van der Waals surface area contributed by atoms with E-state index in [-0.39, 0.29) is 0 Å². The fraction of sp³-hybridized carbons (Fsp3) is 0.250. The Morgan fingerprint density at radius 2 is 1.88 bits per heavy atom. The Morgan fingerprint density at radius 3 is 2.47 bits per heavy atom. The quantitative estimate of drug-likeness (QED) is 0.842. The Hall–Kier alpha value is -2.17. The van der Waals surface area contributed by atoms with Crippen molar-refractivity contribution in [3.63, 3.8) is 0 Å². The number of anilines is 1. The van der Waals surface area contributed by atoms with Crippen LogP contribution in [-0.2, 0) is 4.79 Å². The van der Waals surface area contributed by atoms with Crippen molar-refractivity contribution in [2.45, 2.75) is 19.9 Å². The average molecular weight is 231 g/mol. The van der Waals surface area contributed by atoms with Gasteiger partial charge in [0, 0.05) is 0 Å². The van der Waals surface area contributed by atoms with Gasteiger partial charge in [-0.2, -0.15) is 0 Å². The van der Waals surface area contributed by atoms with E-state index in [9.17, 15) is 4.79 Å². The van der Waals surface area contributed by atoms with Gasteiger partial charge in [-0.05, 0) is 26.0 Å². The summed E-state index contributed by atoms with van der Waals surface area (Å²) in [7, 11) is 0. The topological polar surface area (TPSA) is 75.1 Å². The van der Waals surface area contributed by atoms with Crippen LogP contribution in [0.15, 0.2) is 24.3 Å². The number of carboxylic acid groups (broad SMARTS) is 1. The Morgan fingerprint density at radius 1 is 1.29 bits per heavy atom. The van der Waals surface area contributed by atoms with Gasteiger partial charge in [-0.15, -0.1) is 0 Å². The second-order valence-corrected chi connectivity index (χ2v) is 3.85. The van der Waals surface area contributed by atoms with Crippen LogP contribution in [-0.4, -0.2) is 27.1 Å². The number of fused-ring (bicyclic) bond motifs is 1. The maximum Gasteiger partial charge on any atom is 0.325 e. The summed E-state index contributed by atoms with van der Waals surface area (Å²) in [6.45, 7) is 3.37. The standard InChI is InChI=1S/C12H13N3O2/c1-7-11(14-8(2)12(16)17)15-10-6-4-3-5-9(10)13-7/h3-6,8H,1-2H3,(H,14,15)(H,16,17)/t8-/m0/s1. The summed E-state index contributed by atoms with van der Waals surface area (Å²) in [6, 6.07) is 6.79. The van der Waals surface area contributed by atoms with Crippen molar-refractivity contribution in [2.75, 3.05) is 5.32 Å². The predicted molar refractivity (Wildman–Crippen MR) is 65.0 cm³/mol. The molecule has 2 aromatic rings. The largest absolute Gasteiger partial charge is 0.480 e. The van der Waals surface area contributed by atoms with E-state index in [0.717, 1.165) is 11.0 Å². The van der Waals surface area contributed by atoms with Crippen molar-refractivity contribution < 1.29 is 9.90 Å². The van der Waals surface area contributed by atoms with Crippen LogP contribution in [0.1, 0.15) is 12.6 Å². The SMILES string of the molecule is Cc1nc2ccccc2nc1N[C@@H](C)C(=O)O. The number of aryl methyl sites for hydroxylation is 1. The number of hydrogen-bond acceptors (Lipinski definition) is 4.